The van der Waals surface area contributed by atoms with Crippen LogP contribution < -0.4 is 14.8 Å². The van der Waals surface area contributed by atoms with Crippen LogP contribution in [0.5, 0.6) is 11.5 Å². The van der Waals surface area contributed by atoms with Gasteiger partial charge in [-0.1, -0.05) is 12.1 Å². The first-order chi connectivity index (χ1) is 14.5. The lowest BCUT2D eigenvalue weighted by molar-refractivity contribution is -0.116. The summed E-state index contributed by atoms with van der Waals surface area (Å²) in [6, 6.07) is 10.8. The molecule has 0 bridgehead atoms. The molecule has 3 heterocycles. The van der Waals surface area contributed by atoms with Crippen LogP contribution >= 0.6 is 0 Å². The first-order valence-corrected chi connectivity index (χ1v) is 11.5. The van der Waals surface area contributed by atoms with Gasteiger partial charge < -0.3 is 14.8 Å². The monoisotopic (exact) mass is 429 g/mol. The van der Waals surface area contributed by atoms with E-state index in [1.54, 1.807) is 22.5 Å². The predicted molar refractivity (Wildman–Crippen MR) is 110 cm³/mol. The van der Waals surface area contributed by atoms with Gasteiger partial charge in [0.25, 0.3) is 0 Å². The summed E-state index contributed by atoms with van der Waals surface area (Å²) in [4.78, 5) is 14.0. The number of carbonyl (C=O) groups is 1. The van der Waals surface area contributed by atoms with Crippen LogP contribution in [0.15, 0.2) is 41.3 Å². The van der Waals surface area contributed by atoms with Crippen molar-refractivity contribution in [2.45, 2.75) is 24.3 Å². The van der Waals surface area contributed by atoms with Crippen LogP contribution in [0.4, 0.5) is 5.69 Å². The van der Waals surface area contributed by atoms with Gasteiger partial charge in [0.15, 0.2) is 11.5 Å². The highest BCUT2D eigenvalue weighted by molar-refractivity contribution is 7.89. The zero-order valence-corrected chi connectivity index (χ0v) is 17.3. The highest BCUT2D eigenvalue weighted by Crippen LogP contribution is 2.36. The number of benzene rings is 2. The molecule has 0 atom stereocenters. The zero-order chi connectivity index (χ0) is 20.7. The van der Waals surface area contributed by atoms with Gasteiger partial charge >= 0.3 is 0 Å². The smallest absolute Gasteiger partial charge is 0.243 e. The zero-order valence-electron chi connectivity index (χ0n) is 16.5. The first kappa shape index (κ1) is 19.3. The number of hydrogen-bond donors (Lipinski definition) is 1. The summed E-state index contributed by atoms with van der Waals surface area (Å²) in [5, 5.41) is 2.79. The first-order valence-electron chi connectivity index (χ1n) is 10.0. The Hall–Kier alpha value is -2.62. The molecule has 0 unspecified atom stereocenters. The van der Waals surface area contributed by atoms with E-state index in [-0.39, 0.29) is 17.6 Å². The molecule has 158 valence electrons. The molecule has 0 radical (unpaired) electrons. The predicted octanol–water partition coefficient (Wildman–Crippen LogP) is 1.81. The van der Waals surface area contributed by atoms with Crippen molar-refractivity contribution in [3.8, 4) is 11.5 Å². The molecule has 1 N–H and O–H groups in total. The fourth-order valence-corrected chi connectivity index (χ4v) is 5.63. The molecule has 30 heavy (non-hydrogen) atoms. The molecule has 5 rings (SSSR count). The van der Waals surface area contributed by atoms with Crippen molar-refractivity contribution in [2.75, 3.05) is 38.3 Å². The molecule has 0 aliphatic carbocycles. The Morgan fingerprint density at radius 2 is 1.83 bits per heavy atom. The minimum absolute atomic E-state index is 0.0322. The Balaban J connectivity index is 1.26. The SMILES string of the molecule is O=C1CCc2cc(S(=O)(=O)N3CCN(Cc4cccc5c4OCO5)CC3)ccc2N1. The summed E-state index contributed by atoms with van der Waals surface area (Å²) >= 11 is 0. The summed E-state index contributed by atoms with van der Waals surface area (Å²) in [7, 11) is -3.57. The lowest BCUT2D eigenvalue weighted by atomic mass is 10.0. The number of hydrogen-bond acceptors (Lipinski definition) is 6. The van der Waals surface area contributed by atoms with Crippen molar-refractivity contribution in [1.29, 1.82) is 0 Å². The Morgan fingerprint density at radius 3 is 2.67 bits per heavy atom. The average molecular weight is 429 g/mol. The Kier molecular flexibility index (Phi) is 4.88. The van der Waals surface area contributed by atoms with Gasteiger partial charge in [-0.3, -0.25) is 9.69 Å². The van der Waals surface area contributed by atoms with E-state index in [2.05, 4.69) is 10.2 Å². The maximum absolute atomic E-state index is 13.1. The standard InChI is InChI=1S/C21H23N3O5S/c25-20-7-4-15-12-17(5-6-18(15)22-20)30(26,27)24-10-8-23(9-11-24)13-16-2-1-3-19-21(16)29-14-28-19/h1-3,5-6,12H,4,7-11,13-14H2,(H,22,25). The topological polar surface area (TPSA) is 88.2 Å². The summed E-state index contributed by atoms with van der Waals surface area (Å²) in [5.41, 5.74) is 2.63. The van der Waals surface area contributed by atoms with Crippen LogP contribution in [0.25, 0.3) is 0 Å². The second-order valence-corrected chi connectivity index (χ2v) is 9.64. The highest BCUT2D eigenvalue weighted by atomic mass is 32.2. The second kappa shape index (κ2) is 7.57. The maximum atomic E-state index is 13.1. The Labute approximate surface area is 175 Å². The summed E-state index contributed by atoms with van der Waals surface area (Å²) in [5.74, 6) is 1.52. The number of anilines is 1. The van der Waals surface area contributed by atoms with E-state index < -0.39 is 10.0 Å². The van der Waals surface area contributed by atoms with Crippen LogP contribution in [0.2, 0.25) is 0 Å². The van der Waals surface area contributed by atoms with Gasteiger partial charge in [-0.05, 0) is 36.2 Å². The van der Waals surface area contributed by atoms with Crippen LogP contribution in [0.1, 0.15) is 17.5 Å². The van der Waals surface area contributed by atoms with Gasteiger partial charge in [0, 0.05) is 50.4 Å². The number of amides is 1. The van der Waals surface area contributed by atoms with Crippen LogP contribution in [-0.2, 0) is 27.8 Å². The summed E-state index contributed by atoms with van der Waals surface area (Å²) in [6.45, 7) is 3.09. The van der Waals surface area contributed by atoms with Gasteiger partial charge in [0.1, 0.15) is 0 Å². The van der Waals surface area contributed by atoms with Gasteiger partial charge in [0.05, 0.1) is 4.90 Å². The van der Waals surface area contributed by atoms with Gasteiger partial charge in [-0.15, -0.1) is 0 Å². The normalized spacial score (nSPS) is 19.4. The number of aryl methyl sites for hydroxylation is 1. The van der Waals surface area contributed by atoms with E-state index in [1.807, 2.05) is 18.2 Å². The molecule has 8 nitrogen and oxygen atoms in total. The molecule has 9 heteroatoms. The van der Waals surface area contributed by atoms with Gasteiger partial charge in [-0.25, -0.2) is 8.42 Å². The number of sulfonamides is 1. The van der Waals surface area contributed by atoms with Crippen molar-refractivity contribution in [1.82, 2.24) is 9.21 Å². The van der Waals surface area contributed by atoms with E-state index in [0.717, 1.165) is 22.6 Å². The Bertz CT molecular complexity index is 1090. The molecular formula is C21H23N3O5S. The van der Waals surface area contributed by atoms with Crippen LogP contribution in [-0.4, -0.2) is 56.5 Å². The number of rotatable bonds is 4. The van der Waals surface area contributed by atoms with Gasteiger partial charge in [-0.2, -0.15) is 4.31 Å². The number of nitrogens with zero attached hydrogens (tertiary/aromatic N) is 2. The number of carbonyl (C=O) groups excluding carboxylic acids is 1. The fraction of sp³-hybridized carbons (Fsp3) is 0.381. The third-order valence-electron chi connectivity index (χ3n) is 5.81. The van der Waals surface area contributed by atoms with Gasteiger partial charge in [0.2, 0.25) is 22.7 Å². The largest absolute Gasteiger partial charge is 0.454 e. The molecule has 0 spiro atoms. The minimum Gasteiger partial charge on any atom is -0.454 e. The third kappa shape index (κ3) is 3.53. The molecule has 0 aromatic heterocycles. The third-order valence-corrected chi connectivity index (χ3v) is 7.71. The number of para-hydroxylation sites is 1. The van der Waals surface area contributed by atoms with Crippen molar-refractivity contribution in [2.24, 2.45) is 0 Å². The van der Waals surface area contributed by atoms with Crippen molar-refractivity contribution >= 4 is 21.6 Å². The van der Waals surface area contributed by atoms with E-state index in [9.17, 15) is 13.2 Å². The number of ether oxygens (including phenoxy) is 2. The van der Waals surface area contributed by atoms with E-state index in [4.69, 9.17) is 9.47 Å². The Morgan fingerprint density at radius 1 is 1.00 bits per heavy atom. The van der Waals surface area contributed by atoms with Crippen molar-refractivity contribution in [3.05, 3.63) is 47.5 Å². The molecule has 1 amide bonds. The molecule has 2 aromatic rings. The van der Waals surface area contributed by atoms with Crippen LogP contribution in [0, 0.1) is 0 Å². The lowest BCUT2D eigenvalue weighted by Crippen LogP contribution is -2.48. The lowest BCUT2D eigenvalue weighted by Gasteiger charge is -2.34. The molecular weight excluding hydrogens is 406 g/mol. The summed E-state index contributed by atoms with van der Waals surface area (Å²) < 4.78 is 38.8. The van der Waals surface area contributed by atoms with Crippen LogP contribution in [0.3, 0.4) is 0 Å². The molecule has 1 saturated heterocycles. The maximum Gasteiger partial charge on any atom is 0.243 e. The van der Waals surface area contributed by atoms with E-state index >= 15 is 0 Å². The quantitative estimate of drug-likeness (QED) is 0.798. The highest BCUT2D eigenvalue weighted by Gasteiger charge is 2.30. The minimum atomic E-state index is -3.57. The molecule has 1 fully saturated rings. The molecule has 3 aliphatic rings. The molecule has 2 aromatic carbocycles. The molecule has 3 aliphatic heterocycles. The fourth-order valence-electron chi connectivity index (χ4n) is 4.15. The molecule has 0 saturated carbocycles. The second-order valence-electron chi connectivity index (χ2n) is 7.70. The summed E-state index contributed by atoms with van der Waals surface area (Å²) in [6.07, 6.45) is 0.943. The number of fused-ring (bicyclic) bond motifs is 2. The van der Waals surface area contributed by atoms with E-state index in [1.165, 1.54) is 0 Å². The number of piperazine rings is 1. The van der Waals surface area contributed by atoms with E-state index in [0.29, 0.717) is 51.3 Å². The van der Waals surface area contributed by atoms with Crippen molar-refractivity contribution < 1.29 is 22.7 Å². The van der Waals surface area contributed by atoms with Crippen molar-refractivity contribution in [3.63, 3.8) is 0 Å². The average Bonchev–Trinajstić information content (AvgIpc) is 3.24. The number of nitrogens with one attached hydrogen (secondary N) is 1.